The zero-order chi connectivity index (χ0) is 22.5. The molecule has 2 aliphatic heterocycles. The molecule has 2 atom stereocenters. The predicted molar refractivity (Wildman–Crippen MR) is 119 cm³/mol. The zero-order valence-corrected chi connectivity index (χ0v) is 18.4. The number of hydrogen-bond donors (Lipinski definition) is 3. The number of nitrogens with one attached hydrogen (secondary N) is 3. The van der Waals surface area contributed by atoms with Crippen LogP contribution >= 0.6 is 0 Å². The SMILES string of the molecule is CNc1nc2cc(Nc3ncc(F)c(NC4CC5CCCN5C(C)(C)C4)n3)c(F)cc2o1. The molecular formula is C22H27F2N7O. The molecule has 0 bridgehead atoms. The minimum atomic E-state index is -0.547. The molecule has 0 saturated carbocycles. The standard InChI is InChI=1S/C22H27F2N7O/c1-22(2)10-12(7-13-5-4-6-31(13)22)27-19-15(24)11-26-20(30-19)28-16-9-17-18(8-14(16)23)32-21(25-3)29-17/h8-9,11-13H,4-7,10H2,1-3H3,(H,25,29)(H2,26,27,28,30). The molecule has 2 aliphatic rings. The third-order valence-electron chi connectivity index (χ3n) is 6.48. The summed E-state index contributed by atoms with van der Waals surface area (Å²) in [5, 5.41) is 8.89. The Morgan fingerprint density at radius 3 is 2.84 bits per heavy atom. The number of anilines is 4. The van der Waals surface area contributed by atoms with Gasteiger partial charge in [-0.1, -0.05) is 0 Å². The van der Waals surface area contributed by atoms with Crippen molar-refractivity contribution in [2.24, 2.45) is 0 Å². The monoisotopic (exact) mass is 443 g/mol. The van der Waals surface area contributed by atoms with Gasteiger partial charge in [-0.25, -0.2) is 13.8 Å². The third-order valence-corrected chi connectivity index (χ3v) is 6.48. The van der Waals surface area contributed by atoms with Crippen LogP contribution < -0.4 is 16.0 Å². The van der Waals surface area contributed by atoms with Gasteiger partial charge in [-0.05, 0) is 52.1 Å². The third kappa shape index (κ3) is 3.83. The lowest BCUT2D eigenvalue weighted by atomic mass is 9.84. The first-order chi connectivity index (χ1) is 15.3. The highest BCUT2D eigenvalue weighted by atomic mass is 19.1. The van der Waals surface area contributed by atoms with Gasteiger partial charge in [-0.15, -0.1) is 0 Å². The second-order valence-corrected chi connectivity index (χ2v) is 9.17. The fourth-order valence-corrected chi connectivity index (χ4v) is 5.11. The summed E-state index contributed by atoms with van der Waals surface area (Å²) in [4.78, 5) is 15.1. The second-order valence-electron chi connectivity index (χ2n) is 9.17. The molecule has 0 radical (unpaired) electrons. The fraction of sp³-hybridized carbons (Fsp3) is 0.500. The number of piperidine rings is 1. The van der Waals surface area contributed by atoms with Crippen molar-refractivity contribution in [2.75, 3.05) is 29.5 Å². The number of aromatic nitrogens is 3. The van der Waals surface area contributed by atoms with Crippen LogP contribution in [0.1, 0.15) is 39.5 Å². The van der Waals surface area contributed by atoms with Crippen LogP contribution in [0.25, 0.3) is 11.1 Å². The Morgan fingerprint density at radius 1 is 1.19 bits per heavy atom. The number of benzene rings is 1. The molecule has 2 unspecified atom stereocenters. The Labute approximate surface area is 184 Å². The van der Waals surface area contributed by atoms with Crippen molar-refractivity contribution in [1.29, 1.82) is 0 Å². The van der Waals surface area contributed by atoms with Gasteiger partial charge in [-0.3, -0.25) is 4.90 Å². The fourth-order valence-electron chi connectivity index (χ4n) is 5.11. The van der Waals surface area contributed by atoms with Crippen LogP contribution in [-0.4, -0.2) is 51.1 Å². The first-order valence-electron chi connectivity index (χ1n) is 10.9. The summed E-state index contributed by atoms with van der Waals surface area (Å²) in [5.41, 5.74) is 0.973. The number of hydrogen-bond acceptors (Lipinski definition) is 8. The molecule has 170 valence electrons. The van der Waals surface area contributed by atoms with Crippen LogP contribution in [0.15, 0.2) is 22.7 Å². The van der Waals surface area contributed by atoms with Gasteiger partial charge in [0.15, 0.2) is 23.0 Å². The maximum atomic E-state index is 14.6. The lowest BCUT2D eigenvalue weighted by molar-refractivity contribution is 0.0500. The Bertz CT molecular complexity index is 1150. The van der Waals surface area contributed by atoms with Crippen molar-refractivity contribution in [2.45, 2.75) is 57.2 Å². The Balaban J connectivity index is 1.36. The molecule has 0 aliphatic carbocycles. The summed E-state index contributed by atoms with van der Waals surface area (Å²) in [7, 11) is 1.67. The van der Waals surface area contributed by atoms with Crippen LogP contribution in [0.4, 0.5) is 32.2 Å². The van der Waals surface area contributed by atoms with Crippen LogP contribution in [-0.2, 0) is 0 Å². The topological polar surface area (TPSA) is 91.1 Å². The van der Waals surface area contributed by atoms with Crippen LogP contribution in [0.5, 0.6) is 0 Å². The molecular weight excluding hydrogens is 416 g/mol. The molecule has 3 N–H and O–H groups in total. The van der Waals surface area contributed by atoms with Gasteiger partial charge >= 0.3 is 0 Å². The quantitative estimate of drug-likeness (QED) is 0.531. The highest BCUT2D eigenvalue weighted by Crippen LogP contribution is 2.38. The highest BCUT2D eigenvalue weighted by Gasteiger charge is 2.43. The Hall–Kier alpha value is -3.01. The first-order valence-corrected chi connectivity index (χ1v) is 10.9. The van der Waals surface area contributed by atoms with E-state index in [0.29, 0.717) is 17.1 Å². The molecule has 1 aromatic carbocycles. The average Bonchev–Trinajstić information content (AvgIpc) is 3.37. The summed E-state index contributed by atoms with van der Waals surface area (Å²) in [5.74, 6) is -0.862. The van der Waals surface area contributed by atoms with Crippen molar-refractivity contribution in [3.05, 3.63) is 30.0 Å². The van der Waals surface area contributed by atoms with Gasteiger partial charge in [0.1, 0.15) is 5.52 Å². The van der Waals surface area contributed by atoms with Gasteiger partial charge in [0.25, 0.3) is 6.01 Å². The molecule has 0 amide bonds. The number of fused-ring (bicyclic) bond motifs is 2. The minimum absolute atomic E-state index is 0.0456. The van der Waals surface area contributed by atoms with Crippen LogP contribution in [0.3, 0.4) is 0 Å². The van der Waals surface area contributed by atoms with Crippen LogP contribution in [0, 0.1) is 11.6 Å². The van der Waals surface area contributed by atoms with E-state index in [0.717, 1.165) is 25.6 Å². The average molecular weight is 444 g/mol. The van der Waals surface area contributed by atoms with Crippen molar-refractivity contribution < 1.29 is 13.2 Å². The molecule has 32 heavy (non-hydrogen) atoms. The van der Waals surface area contributed by atoms with Crippen LogP contribution in [0.2, 0.25) is 0 Å². The lowest BCUT2D eigenvalue weighted by Crippen LogP contribution is -2.55. The molecule has 3 aromatic rings. The predicted octanol–water partition coefficient (Wildman–Crippen LogP) is 4.50. The Morgan fingerprint density at radius 2 is 2.03 bits per heavy atom. The Kier molecular flexibility index (Phi) is 5.11. The van der Waals surface area contributed by atoms with Gasteiger partial charge < -0.3 is 20.4 Å². The largest absolute Gasteiger partial charge is 0.423 e. The van der Waals surface area contributed by atoms with E-state index in [1.54, 1.807) is 7.05 Å². The van der Waals surface area contributed by atoms with Gasteiger partial charge in [0.05, 0.1) is 11.9 Å². The van der Waals surface area contributed by atoms with Gasteiger partial charge in [0.2, 0.25) is 5.95 Å². The summed E-state index contributed by atoms with van der Waals surface area (Å²) in [6.45, 7) is 5.60. The van der Waals surface area contributed by atoms with Gasteiger partial charge in [0, 0.05) is 30.7 Å². The molecule has 2 fully saturated rings. The van der Waals surface area contributed by atoms with E-state index in [2.05, 4.69) is 49.6 Å². The maximum absolute atomic E-state index is 14.6. The van der Waals surface area contributed by atoms with Gasteiger partial charge in [-0.2, -0.15) is 9.97 Å². The van der Waals surface area contributed by atoms with E-state index >= 15 is 0 Å². The van der Waals surface area contributed by atoms with E-state index in [9.17, 15) is 8.78 Å². The van der Waals surface area contributed by atoms with E-state index in [4.69, 9.17) is 4.42 Å². The summed E-state index contributed by atoms with van der Waals surface area (Å²) < 4.78 is 34.5. The molecule has 10 heteroatoms. The summed E-state index contributed by atoms with van der Waals surface area (Å²) in [6.07, 6.45) is 5.30. The molecule has 5 rings (SSSR count). The van der Waals surface area contributed by atoms with E-state index in [1.807, 2.05) is 0 Å². The summed E-state index contributed by atoms with van der Waals surface area (Å²) >= 11 is 0. The van der Waals surface area contributed by atoms with E-state index < -0.39 is 11.6 Å². The van der Waals surface area contributed by atoms with E-state index in [1.165, 1.54) is 25.0 Å². The molecule has 0 spiro atoms. The van der Waals surface area contributed by atoms with Crippen molar-refractivity contribution in [3.63, 3.8) is 0 Å². The zero-order valence-electron chi connectivity index (χ0n) is 18.4. The number of halogens is 2. The molecule has 2 aromatic heterocycles. The van der Waals surface area contributed by atoms with Crippen molar-refractivity contribution >= 4 is 34.6 Å². The van der Waals surface area contributed by atoms with Crippen molar-refractivity contribution in [3.8, 4) is 0 Å². The smallest absolute Gasteiger partial charge is 0.295 e. The molecule has 8 nitrogen and oxygen atoms in total. The van der Waals surface area contributed by atoms with Crippen molar-refractivity contribution in [1.82, 2.24) is 19.9 Å². The molecule has 2 saturated heterocycles. The maximum Gasteiger partial charge on any atom is 0.295 e. The number of nitrogens with zero attached hydrogens (tertiary/aromatic N) is 4. The normalized spacial score (nSPS) is 22.7. The summed E-state index contributed by atoms with van der Waals surface area (Å²) in [6, 6.07) is 3.64. The lowest BCUT2D eigenvalue weighted by Gasteiger charge is -2.47. The first kappa shape index (κ1) is 20.9. The molecule has 4 heterocycles. The number of rotatable bonds is 5. The second kappa shape index (κ2) is 7.84. The highest BCUT2D eigenvalue weighted by molar-refractivity contribution is 5.80. The van der Waals surface area contributed by atoms with E-state index in [-0.39, 0.29) is 35.0 Å². The number of oxazole rings is 1. The minimum Gasteiger partial charge on any atom is -0.423 e.